The molecule has 1 fully saturated rings. The highest BCUT2D eigenvalue weighted by atomic mass is 15.1. The summed E-state index contributed by atoms with van der Waals surface area (Å²) in [5.41, 5.74) is 0.193. The summed E-state index contributed by atoms with van der Waals surface area (Å²) in [5, 5.41) is 6.53. The van der Waals surface area contributed by atoms with Crippen LogP contribution in [-0.4, -0.2) is 18.6 Å². The average Bonchev–Trinajstić information content (AvgIpc) is 1.65. The van der Waals surface area contributed by atoms with E-state index in [1.165, 1.54) is 0 Å². The van der Waals surface area contributed by atoms with Crippen LogP contribution in [0.25, 0.3) is 0 Å². The minimum Gasteiger partial charge on any atom is -0.309 e. The number of piperazine rings is 1. The van der Waals surface area contributed by atoms with Gasteiger partial charge >= 0.3 is 0 Å². The van der Waals surface area contributed by atoms with Gasteiger partial charge in [0.15, 0.2) is 0 Å². The molecule has 1 aliphatic heterocycles. The van der Waals surface area contributed by atoms with E-state index in [1.54, 1.807) is 0 Å². The van der Waals surface area contributed by atoms with Crippen molar-refractivity contribution in [1.82, 2.24) is 10.6 Å². The van der Waals surface area contributed by atoms with E-state index in [-0.39, 0.29) is 5.54 Å². The van der Waals surface area contributed by atoms with Crippen molar-refractivity contribution in [3.05, 3.63) is 6.54 Å². The van der Waals surface area contributed by atoms with Gasteiger partial charge in [0, 0.05) is 25.2 Å². The Bertz CT molecular complexity index is 70.6. The van der Waals surface area contributed by atoms with E-state index in [9.17, 15) is 0 Å². The summed E-state index contributed by atoms with van der Waals surface area (Å²) < 4.78 is 0. The summed E-state index contributed by atoms with van der Waals surface area (Å²) in [7, 11) is 0. The summed E-state index contributed by atoms with van der Waals surface area (Å²) in [6, 6.07) is 0. The molecule has 2 N–H and O–H groups in total. The molecule has 1 heterocycles. The molecular formula is C6H13N2. The van der Waals surface area contributed by atoms with E-state index >= 15 is 0 Å². The van der Waals surface area contributed by atoms with Gasteiger partial charge in [0.2, 0.25) is 0 Å². The number of hydrogen-bond donors (Lipinski definition) is 2. The van der Waals surface area contributed by atoms with Crippen LogP contribution in [0.2, 0.25) is 0 Å². The molecule has 2 heteroatoms. The lowest BCUT2D eigenvalue weighted by Crippen LogP contribution is -2.51. The van der Waals surface area contributed by atoms with Crippen molar-refractivity contribution >= 4 is 0 Å². The van der Waals surface area contributed by atoms with E-state index in [2.05, 4.69) is 31.0 Å². The maximum absolute atomic E-state index is 3.34. The van der Waals surface area contributed by atoms with Crippen molar-refractivity contribution in [3.63, 3.8) is 0 Å². The third kappa shape index (κ3) is 1.46. The third-order valence-corrected chi connectivity index (χ3v) is 1.31. The van der Waals surface area contributed by atoms with Gasteiger partial charge in [0.25, 0.3) is 0 Å². The zero-order chi connectivity index (χ0) is 6.04. The Labute approximate surface area is 50.7 Å². The van der Waals surface area contributed by atoms with Crippen molar-refractivity contribution in [2.24, 2.45) is 0 Å². The normalized spacial score (nSPS) is 27.8. The van der Waals surface area contributed by atoms with Gasteiger partial charge in [-0.15, -0.1) is 0 Å². The molecule has 1 rings (SSSR count). The molecule has 0 atom stereocenters. The molecule has 0 aromatic carbocycles. The molecule has 0 aromatic rings. The zero-order valence-corrected chi connectivity index (χ0v) is 5.49. The molecule has 0 spiro atoms. The monoisotopic (exact) mass is 113 g/mol. The Hall–Kier alpha value is -0.0800. The molecule has 8 heavy (non-hydrogen) atoms. The second kappa shape index (κ2) is 2.03. The van der Waals surface area contributed by atoms with Crippen molar-refractivity contribution < 1.29 is 0 Å². The van der Waals surface area contributed by atoms with E-state index in [4.69, 9.17) is 0 Å². The highest BCUT2D eigenvalue weighted by molar-refractivity contribution is 4.94. The Morgan fingerprint density at radius 3 is 2.38 bits per heavy atom. The van der Waals surface area contributed by atoms with Crippen LogP contribution in [0.1, 0.15) is 13.8 Å². The third-order valence-electron chi connectivity index (χ3n) is 1.31. The molecule has 0 saturated carbocycles. The Balaban J connectivity index is 2.33. The van der Waals surface area contributed by atoms with Gasteiger partial charge in [-0.1, -0.05) is 0 Å². The van der Waals surface area contributed by atoms with E-state index in [1.807, 2.05) is 0 Å². The lowest BCUT2D eigenvalue weighted by molar-refractivity contribution is 0.375. The molecule has 1 aliphatic rings. The summed E-state index contributed by atoms with van der Waals surface area (Å²) in [5.74, 6) is 0. The Kier molecular flexibility index (Phi) is 1.54. The molecule has 2 nitrogen and oxygen atoms in total. The van der Waals surface area contributed by atoms with Crippen LogP contribution in [-0.2, 0) is 0 Å². The predicted octanol–water partition coefficient (Wildman–Crippen LogP) is 0.120. The SMILES string of the molecule is CC1(C)[CH]NCCN1. The van der Waals surface area contributed by atoms with E-state index < -0.39 is 0 Å². The van der Waals surface area contributed by atoms with Crippen molar-refractivity contribution in [1.29, 1.82) is 0 Å². The molecular weight excluding hydrogens is 100 g/mol. The van der Waals surface area contributed by atoms with Crippen LogP contribution in [0.4, 0.5) is 0 Å². The van der Waals surface area contributed by atoms with Crippen molar-refractivity contribution in [2.45, 2.75) is 19.4 Å². The minimum atomic E-state index is 0.193. The van der Waals surface area contributed by atoms with E-state index in [0.717, 1.165) is 13.1 Å². The Morgan fingerprint density at radius 2 is 2.12 bits per heavy atom. The number of hydrogen-bond acceptors (Lipinski definition) is 2. The molecule has 0 aliphatic carbocycles. The van der Waals surface area contributed by atoms with Crippen LogP contribution in [0, 0.1) is 6.54 Å². The van der Waals surface area contributed by atoms with Gasteiger partial charge in [0.05, 0.1) is 0 Å². The van der Waals surface area contributed by atoms with Crippen LogP contribution >= 0.6 is 0 Å². The van der Waals surface area contributed by atoms with E-state index in [0.29, 0.717) is 0 Å². The first kappa shape index (κ1) is 6.05. The van der Waals surface area contributed by atoms with Crippen LogP contribution < -0.4 is 10.6 Å². The lowest BCUT2D eigenvalue weighted by Gasteiger charge is -2.30. The average molecular weight is 113 g/mol. The van der Waals surface area contributed by atoms with Crippen LogP contribution in [0.5, 0.6) is 0 Å². The maximum atomic E-state index is 3.34. The predicted molar refractivity (Wildman–Crippen MR) is 34.4 cm³/mol. The number of nitrogens with one attached hydrogen (secondary N) is 2. The molecule has 0 aromatic heterocycles. The number of rotatable bonds is 0. The largest absolute Gasteiger partial charge is 0.309 e. The first-order valence-corrected chi connectivity index (χ1v) is 3.03. The summed E-state index contributed by atoms with van der Waals surface area (Å²) in [4.78, 5) is 0. The quantitative estimate of drug-likeness (QED) is 0.466. The van der Waals surface area contributed by atoms with Gasteiger partial charge in [0.1, 0.15) is 0 Å². The minimum absolute atomic E-state index is 0.193. The fourth-order valence-electron chi connectivity index (χ4n) is 0.835. The molecule has 0 amide bonds. The fourth-order valence-corrected chi connectivity index (χ4v) is 0.835. The topological polar surface area (TPSA) is 24.1 Å². The van der Waals surface area contributed by atoms with Crippen LogP contribution in [0.3, 0.4) is 0 Å². The van der Waals surface area contributed by atoms with Crippen molar-refractivity contribution in [2.75, 3.05) is 13.1 Å². The first-order valence-electron chi connectivity index (χ1n) is 3.03. The fraction of sp³-hybridized carbons (Fsp3) is 0.833. The summed E-state index contributed by atoms with van der Waals surface area (Å²) in [6.45, 7) is 8.53. The Morgan fingerprint density at radius 1 is 1.38 bits per heavy atom. The second-order valence-electron chi connectivity index (χ2n) is 2.75. The van der Waals surface area contributed by atoms with Crippen LogP contribution in [0.15, 0.2) is 0 Å². The molecule has 1 saturated heterocycles. The van der Waals surface area contributed by atoms with Gasteiger partial charge in [-0.25, -0.2) is 0 Å². The molecule has 47 valence electrons. The van der Waals surface area contributed by atoms with Gasteiger partial charge < -0.3 is 10.6 Å². The molecule has 0 unspecified atom stereocenters. The zero-order valence-electron chi connectivity index (χ0n) is 5.49. The van der Waals surface area contributed by atoms with Gasteiger partial charge in [-0.3, -0.25) is 0 Å². The highest BCUT2D eigenvalue weighted by Crippen LogP contribution is 2.05. The van der Waals surface area contributed by atoms with Crippen molar-refractivity contribution in [3.8, 4) is 0 Å². The standard InChI is InChI=1S/C6H13N2/c1-6(2)5-7-3-4-8-6/h5,7-8H,3-4H2,1-2H3. The lowest BCUT2D eigenvalue weighted by atomic mass is 10.0. The molecule has 1 radical (unpaired) electrons. The molecule has 0 bridgehead atoms. The first-order chi connectivity index (χ1) is 3.71. The van der Waals surface area contributed by atoms with Gasteiger partial charge in [-0.05, 0) is 13.8 Å². The highest BCUT2D eigenvalue weighted by Gasteiger charge is 2.19. The summed E-state index contributed by atoms with van der Waals surface area (Å²) in [6.07, 6.45) is 0. The summed E-state index contributed by atoms with van der Waals surface area (Å²) >= 11 is 0. The smallest absolute Gasteiger partial charge is 0.0417 e. The second-order valence-corrected chi connectivity index (χ2v) is 2.75. The maximum Gasteiger partial charge on any atom is 0.0417 e. The van der Waals surface area contributed by atoms with Gasteiger partial charge in [-0.2, -0.15) is 0 Å².